The third-order valence-corrected chi connectivity index (χ3v) is 3.60. The maximum atomic E-state index is 11.7. The van der Waals surface area contributed by atoms with Crippen LogP contribution in [0.3, 0.4) is 0 Å². The van der Waals surface area contributed by atoms with Gasteiger partial charge in [0.1, 0.15) is 5.75 Å². The molecule has 1 unspecified atom stereocenters. The van der Waals surface area contributed by atoms with Crippen molar-refractivity contribution in [2.24, 2.45) is 0 Å². The van der Waals surface area contributed by atoms with Gasteiger partial charge >= 0.3 is 5.97 Å². The lowest BCUT2D eigenvalue weighted by Gasteiger charge is -2.23. The van der Waals surface area contributed by atoms with Crippen molar-refractivity contribution in [2.45, 2.75) is 51.7 Å². The molecule has 1 aromatic rings. The Kier molecular flexibility index (Phi) is 5.01. The van der Waals surface area contributed by atoms with Crippen molar-refractivity contribution >= 4 is 5.97 Å². The van der Waals surface area contributed by atoms with Gasteiger partial charge in [0.2, 0.25) is 0 Å². The lowest BCUT2D eigenvalue weighted by molar-refractivity contribution is -0.151. The highest BCUT2D eigenvalue weighted by Crippen LogP contribution is 2.32. The summed E-state index contributed by atoms with van der Waals surface area (Å²) in [6.45, 7) is 4.01. The molecular weight excluding hydrogens is 256 g/mol. The normalized spacial score (nSPS) is 19.1. The van der Waals surface area contributed by atoms with Gasteiger partial charge in [-0.1, -0.05) is 13.0 Å². The Labute approximate surface area is 119 Å². The summed E-state index contributed by atoms with van der Waals surface area (Å²) in [5, 5.41) is 10.0. The zero-order valence-corrected chi connectivity index (χ0v) is 12.1. The van der Waals surface area contributed by atoms with Gasteiger partial charge in [0, 0.05) is 0 Å². The van der Waals surface area contributed by atoms with Crippen molar-refractivity contribution < 1.29 is 19.4 Å². The van der Waals surface area contributed by atoms with Crippen LogP contribution >= 0.6 is 0 Å². The number of carbonyl (C=O) groups is 1. The largest absolute Gasteiger partial charge is 0.479 e. The third-order valence-electron chi connectivity index (χ3n) is 3.60. The van der Waals surface area contributed by atoms with E-state index in [2.05, 4.69) is 0 Å². The van der Waals surface area contributed by atoms with Crippen LogP contribution in [0.15, 0.2) is 18.2 Å². The molecule has 1 aliphatic rings. The fourth-order valence-corrected chi connectivity index (χ4v) is 2.52. The van der Waals surface area contributed by atoms with E-state index < -0.39 is 12.2 Å². The molecule has 0 saturated carbocycles. The predicted molar refractivity (Wildman–Crippen MR) is 75.7 cm³/mol. The van der Waals surface area contributed by atoms with Crippen molar-refractivity contribution in [3.8, 4) is 5.75 Å². The summed E-state index contributed by atoms with van der Waals surface area (Å²) in [4.78, 5) is 11.7. The molecule has 0 fully saturated rings. The quantitative estimate of drug-likeness (QED) is 0.841. The minimum Gasteiger partial charge on any atom is -0.479 e. The number of carbonyl (C=O) groups excluding carboxylic acids is 1. The second-order valence-corrected chi connectivity index (χ2v) is 5.04. The Hall–Kier alpha value is -1.55. The smallest absolute Gasteiger partial charge is 0.347 e. The molecule has 0 bridgehead atoms. The van der Waals surface area contributed by atoms with Crippen LogP contribution < -0.4 is 4.74 Å². The topological polar surface area (TPSA) is 55.8 Å². The SMILES string of the molecule is CCOC(=O)C(CC)Oc1ccc2c(c1)[C@H](O)CCC2. The molecule has 0 radical (unpaired) electrons. The molecule has 1 N–H and O–H groups in total. The number of fused-ring (bicyclic) bond motifs is 1. The molecule has 0 saturated heterocycles. The van der Waals surface area contributed by atoms with Gasteiger partial charge in [0.05, 0.1) is 12.7 Å². The molecule has 0 aromatic heterocycles. The van der Waals surface area contributed by atoms with Crippen molar-refractivity contribution in [2.75, 3.05) is 6.61 Å². The first-order valence-corrected chi connectivity index (χ1v) is 7.29. The van der Waals surface area contributed by atoms with Crippen LogP contribution in [0.2, 0.25) is 0 Å². The summed E-state index contributed by atoms with van der Waals surface area (Å²) in [5.41, 5.74) is 2.09. The number of hydrogen-bond donors (Lipinski definition) is 1. The van der Waals surface area contributed by atoms with Gasteiger partial charge < -0.3 is 14.6 Å². The summed E-state index contributed by atoms with van der Waals surface area (Å²) in [7, 11) is 0. The first-order valence-electron chi connectivity index (χ1n) is 7.29. The number of aryl methyl sites for hydroxylation is 1. The van der Waals surface area contributed by atoms with Gasteiger partial charge in [0.25, 0.3) is 0 Å². The average Bonchev–Trinajstić information content (AvgIpc) is 2.45. The zero-order valence-electron chi connectivity index (χ0n) is 12.1. The van der Waals surface area contributed by atoms with Crippen molar-refractivity contribution in [1.82, 2.24) is 0 Å². The lowest BCUT2D eigenvalue weighted by atomic mass is 9.89. The van der Waals surface area contributed by atoms with Crippen LogP contribution in [-0.4, -0.2) is 23.8 Å². The number of rotatable bonds is 5. The zero-order chi connectivity index (χ0) is 14.5. The fraction of sp³-hybridized carbons (Fsp3) is 0.562. The van der Waals surface area contributed by atoms with E-state index in [-0.39, 0.29) is 5.97 Å². The van der Waals surface area contributed by atoms with Gasteiger partial charge in [-0.2, -0.15) is 0 Å². The number of hydrogen-bond acceptors (Lipinski definition) is 4. The molecule has 2 atom stereocenters. The Morgan fingerprint density at radius 2 is 2.25 bits per heavy atom. The van der Waals surface area contributed by atoms with E-state index in [9.17, 15) is 9.90 Å². The maximum absolute atomic E-state index is 11.7. The van der Waals surface area contributed by atoms with E-state index in [1.54, 1.807) is 6.92 Å². The number of benzene rings is 1. The van der Waals surface area contributed by atoms with Crippen LogP contribution in [0.25, 0.3) is 0 Å². The van der Waals surface area contributed by atoms with E-state index in [0.29, 0.717) is 18.8 Å². The number of aliphatic hydroxyl groups excluding tert-OH is 1. The highest BCUT2D eigenvalue weighted by Gasteiger charge is 2.22. The van der Waals surface area contributed by atoms with Gasteiger partial charge in [-0.25, -0.2) is 4.79 Å². The minimum atomic E-state index is -0.589. The molecule has 4 nitrogen and oxygen atoms in total. The standard InChI is InChI=1S/C16H22O4/c1-3-15(16(18)19-4-2)20-12-9-8-11-6-5-7-14(17)13(11)10-12/h8-10,14-15,17H,3-7H2,1-2H3/t14-,15?/m1/s1. The average molecular weight is 278 g/mol. The molecule has 0 heterocycles. The Balaban J connectivity index is 2.13. The molecule has 1 aliphatic carbocycles. The summed E-state index contributed by atoms with van der Waals surface area (Å²) >= 11 is 0. The molecule has 0 aliphatic heterocycles. The van der Waals surface area contributed by atoms with Crippen molar-refractivity contribution in [3.63, 3.8) is 0 Å². The number of ether oxygens (including phenoxy) is 2. The Morgan fingerprint density at radius 1 is 1.45 bits per heavy atom. The van der Waals surface area contributed by atoms with Crippen molar-refractivity contribution in [1.29, 1.82) is 0 Å². The third kappa shape index (κ3) is 3.31. The first-order chi connectivity index (χ1) is 9.65. The van der Waals surface area contributed by atoms with E-state index in [4.69, 9.17) is 9.47 Å². The fourth-order valence-electron chi connectivity index (χ4n) is 2.52. The van der Waals surface area contributed by atoms with E-state index in [1.165, 1.54) is 5.56 Å². The lowest BCUT2D eigenvalue weighted by Crippen LogP contribution is -2.28. The Bertz CT molecular complexity index is 470. The number of aliphatic hydroxyl groups is 1. The van der Waals surface area contributed by atoms with E-state index in [0.717, 1.165) is 24.8 Å². The van der Waals surface area contributed by atoms with Crippen LogP contribution in [0.1, 0.15) is 50.3 Å². The molecular formula is C16H22O4. The van der Waals surface area contributed by atoms with E-state index >= 15 is 0 Å². The van der Waals surface area contributed by atoms with Crippen LogP contribution in [0.5, 0.6) is 5.75 Å². The molecule has 4 heteroatoms. The van der Waals surface area contributed by atoms with Crippen LogP contribution in [-0.2, 0) is 16.0 Å². The van der Waals surface area contributed by atoms with Gasteiger partial charge in [-0.05, 0) is 55.9 Å². The number of esters is 1. The van der Waals surface area contributed by atoms with Crippen LogP contribution in [0.4, 0.5) is 0 Å². The Morgan fingerprint density at radius 3 is 2.95 bits per heavy atom. The van der Waals surface area contributed by atoms with E-state index in [1.807, 2.05) is 25.1 Å². The molecule has 0 spiro atoms. The van der Waals surface area contributed by atoms with Crippen molar-refractivity contribution in [3.05, 3.63) is 29.3 Å². The minimum absolute atomic E-state index is 0.340. The predicted octanol–water partition coefficient (Wildman–Crippen LogP) is 2.78. The summed E-state index contributed by atoms with van der Waals surface area (Å²) in [5.74, 6) is 0.276. The maximum Gasteiger partial charge on any atom is 0.347 e. The molecule has 0 amide bonds. The summed E-state index contributed by atoms with van der Waals surface area (Å²) in [6, 6.07) is 5.69. The molecule has 2 rings (SSSR count). The highest BCUT2D eigenvalue weighted by atomic mass is 16.6. The molecule has 20 heavy (non-hydrogen) atoms. The second-order valence-electron chi connectivity index (χ2n) is 5.04. The van der Waals surface area contributed by atoms with Gasteiger partial charge in [-0.3, -0.25) is 0 Å². The second kappa shape index (κ2) is 6.75. The summed E-state index contributed by atoms with van der Waals surface area (Å²) < 4.78 is 10.7. The highest BCUT2D eigenvalue weighted by molar-refractivity contribution is 5.75. The first kappa shape index (κ1) is 14.9. The van der Waals surface area contributed by atoms with Gasteiger partial charge in [-0.15, -0.1) is 0 Å². The molecule has 110 valence electrons. The summed E-state index contributed by atoms with van der Waals surface area (Å²) in [6.07, 6.45) is 2.32. The van der Waals surface area contributed by atoms with Gasteiger partial charge in [0.15, 0.2) is 6.10 Å². The van der Waals surface area contributed by atoms with Crippen LogP contribution in [0, 0.1) is 0 Å². The molecule has 1 aromatic carbocycles. The monoisotopic (exact) mass is 278 g/mol.